The van der Waals surface area contributed by atoms with E-state index in [4.69, 9.17) is 5.11 Å². The van der Waals surface area contributed by atoms with Crippen LogP contribution in [0.1, 0.15) is 35.1 Å². The Labute approximate surface area is 98.9 Å². The molecule has 1 aliphatic rings. The molecule has 1 aliphatic heterocycles. The second-order valence-electron chi connectivity index (χ2n) is 4.22. The first-order valence-electron chi connectivity index (χ1n) is 5.57. The van der Waals surface area contributed by atoms with Gasteiger partial charge in [0.15, 0.2) is 10.8 Å². The van der Waals surface area contributed by atoms with Gasteiger partial charge in [-0.25, -0.2) is 9.78 Å². The van der Waals surface area contributed by atoms with Crippen molar-refractivity contribution in [3.05, 3.63) is 10.6 Å². The summed E-state index contributed by atoms with van der Waals surface area (Å²) in [5, 5.41) is 9.81. The Balaban J connectivity index is 2.16. The molecule has 0 amide bonds. The van der Waals surface area contributed by atoms with Crippen molar-refractivity contribution in [2.75, 3.05) is 18.0 Å². The summed E-state index contributed by atoms with van der Waals surface area (Å²) in [6.07, 6.45) is 2.38. The van der Waals surface area contributed by atoms with E-state index in [9.17, 15) is 4.79 Å². The van der Waals surface area contributed by atoms with Gasteiger partial charge in [-0.1, -0.05) is 13.3 Å². The van der Waals surface area contributed by atoms with E-state index in [1.165, 1.54) is 24.2 Å². The average Bonchev–Trinajstić information content (AvgIpc) is 2.83. The molecule has 1 unspecified atom stereocenters. The van der Waals surface area contributed by atoms with Gasteiger partial charge in [-0.2, -0.15) is 0 Å². The maximum atomic E-state index is 10.9. The highest BCUT2D eigenvalue weighted by Crippen LogP contribution is 2.30. The van der Waals surface area contributed by atoms with Crippen molar-refractivity contribution in [2.24, 2.45) is 5.92 Å². The second kappa shape index (κ2) is 4.41. The number of thiazole rings is 1. The van der Waals surface area contributed by atoms with Crippen molar-refractivity contribution in [2.45, 2.75) is 26.7 Å². The summed E-state index contributed by atoms with van der Waals surface area (Å²) in [4.78, 5) is 18.1. The van der Waals surface area contributed by atoms with Crippen molar-refractivity contribution in [1.29, 1.82) is 0 Å². The minimum absolute atomic E-state index is 0.208. The molecular formula is C11H16N2O2S. The number of aromatic nitrogens is 1. The van der Waals surface area contributed by atoms with Crippen LogP contribution in [0.15, 0.2) is 0 Å². The normalized spacial score (nSPS) is 20.4. The molecule has 1 N–H and O–H groups in total. The summed E-state index contributed by atoms with van der Waals surface area (Å²) in [6.45, 7) is 6.04. The van der Waals surface area contributed by atoms with Gasteiger partial charge in [0, 0.05) is 18.0 Å². The molecule has 1 saturated heterocycles. The third-order valence-corrected chi connectivity index (χ3v) is 4.15. The van der Waals surface area contributed by atoms with E-state index in [2.05, 4.69) is 16.8 Å². The number of hydrogen-bond donors (Lipinski definition) is 1. The summed E-state index contributed by atoms with van der Waals surface area (Å²) in [5.41, 5.74) is 0.208. The minimum Gasteiger partial charge on any atom is -0.476 e. The van der Waals surface area contributed by atoms with Gasteiger partial charge >= 0.3 is 5.97 Å². The molecular weight excluding hydrogens is 224 g/mol. The number of anilines is 1. The molecule has 0 aliphatic carbocycles. The highest BCUT2D eigenvalue weighted by molar-refractivity contribution is 7.15. The fourth-order valence-electron chi connectivity index (χ4n) is 2.06. The third-order valence-electron chi connectivity index (χ3n) is 3.12. The predicted molar refractivity (Wildman–Crippen MR) is 64.4 cm³/mol. The van der Waals surface area contributed by atoms with E-state index in [1.54, 1.807) is 0 Å². The van der Waals surface area contributed by atoms with Crippen LogP contribution in [0.5, 0.6) is 0 Å². The maximum Gasteiger partial charge on any atom is 0.355 e. The second-order valence-corrected chi connectivity index (χ2v) is 5.40. The van der Waals surface area contributed by atoms with Crippen LogP contribution >= 0.6 is 11.3 Å². The summed E-state index contributed by atoms with van der Waals surface area (Å²) >= 11 is 1.49. The van der Waals surface area contributed by atoms with Gasteiger partial charge in [0.05, 0.1) is 0 Å². The highest BCUT2D eigenvalue weighted by Gasteiger charge is 2.25. The molecule has 0 aromatic carbocycles. The monoisotopic (exact) mass is 240 g/mol. The molecule has 1 fully saturated rings. The number of hydrogen-bond acceptors (Lipinski definition) is 4. The molecule has 1 aromatic heterocycles. The summed E-state index contributed by atoms with van der Waals surface area (Å²) in [6, 6.07) is 0. The minimum atomic E-state index is -0.925. The average molecular weight is 240 g/mol. The van der Waals surface area contributed by atoms with E-state index in [0.717, 1.165) is 29.0 Å². The van der Waals surface area contributed by atoms with Crippen LogP contribution in [0.4, 0.5) is 5.13 Å². The third kappa shape index (κ3) is 2.04. The Kier molecular flexibility index (Phi) is 3.14. The first-order valence-corrected chi connectivity index (χ1v) is 6.39. The lowest BCUT2D eigenvalue weighted by atomic mass is 10.1. The molecule has 1 aromatic rings. The molecule has 0 spiro atoms. The van der Waals surface area contributed by atoms with Gasteiger partial charge in [0.1, 0.15) is 0 Å². The van der Waals surface area contributed by atoms with Crippen LogP contribution < -0.4 is 4.90 Å². The Bertz CT molecular complexity index is 403. The van der Waals surface area contributed by atoms with E-state index in [0.29, 0.717) is 0 Å². The van der Waals surface area contributed by atoms with Crippen LogP contribution in [-0.4, -0.2) is 29.1 Å². The van der Waals surface area contributed by atoms with Gasteiger partial charge < -0.3 is 10.0 Å². The highest BCUT2D eigenvalue weighted by atomic mass is 32.1. The molecule has 2 heterocycles. The van der Waals surface area contributed by atoms with E-state index in [1.807, 2.05) is 6.92 Å². The zero-order valence-electron chi connectivity index (χ0n) is 9.56. The number of aromatic carboxylic acids is 1. The number of carboxylic acids is 1. The molecule has 0 saturated carbocycles. The molecule has 0 radical (unpaired) electrons. The lowest BCUT2D eigenvalue weighted by Gasteiger charge is -2.13. The van der Waals surface area contributed by atoms with Gasteiger partial charge in [-0.05, 0) is 19.3 Å². The van der Waals surface area contributed by atoms with Crippen molar-refractivity contribution >= 4 is 22.4 Å². The Morgan fingerprint density at radius 2 is 2.44 bits per heavy atom. The van der Waals surface area contributed by atoms with E-state index < -0.39 is 5.97 Å². The molecule has 4 nitrogen and oxygen atoms in total. The molecule has 0 bridgehead atoms. The number of aryl methyl sites for hydroxylation is 1. The van der Waals surface area contributed by atoms with Crippen LogP contribution in [0.25, 0.3) is 0 Å². The lowest BCUT2D eigenvalue weighted by Crippen LogP contribution is -2.19. The Morgan fingerprint density at radius 3 is 2.94 bits per heavy atom. The van der Waals surface area contributed by atoms with Gasteiger partial charge in [0.25, 0.3) is 0 Å². The van der Waals surface area contributed by atoms with E-state index >= 15 is 0 Å². The van der Waals surface area contributed by atoms with Crippen LogP contribution in [-0.2, 0) is 0 Å². The summed E-state index contributed by atoms with van der Waals surface area (Å²) in [7, 11) is 0. The quantitative estimate of drug-likeness (QED) is 0.881. The number of rotatable bonds is 3. The fraction of sp³-hybridized carbons (Fsp3) is 0.636. The summed E-state index contributed by atoms with van der Waals surface area (Å²) in [5.74, 6) is -0.191. The summed E-state index contributed by atoms with van der Waals surface area (Å²) < 4.78 is 0. The zero-order valence-corrected chi connectivity index (χ0v) is 10.4. The van der Waals surface area contributed by atoms with Crippen LogP contribution in [0, 0.1) is 12.8 Å². The Hall–Kier alpha value is -1.10. The standard InChI is InChI=1S/C11H16N2O2S/c1-3-8-4-5-13(6-8)11-12-9(10(14)15)7(2)16-11/h8H,3-6H2,1-2H3,(H,14,15). The smallest absolute Gasteiger partial charge is 0.355 e. The maximum absolute atomic E-state index is 10.9. The van der Waals surface area contributed by atoms with Crippen molar-refractivity contribution < 1.29 is 9.90 Å². The van der Waals surface area contributed by atoms with Crippen molar-refractivity contribution in [3.8, 4) is 0 Å². The predicted octanol–water partition coefficient (Wildman–Crippen LogP) is 2.39. The first kappa shape index (κ1) is 11.4. The fourth-order valence-corrected chi connectivity index (χ4v) is 2.99. The van der Waals surface area contributed by atoms with Crippen molar-refractivity contribution in [1.82, 2.24) is 4.98 Å². The zero-order chi connectivity index (χ0) is 11.7. The van der Waals surface area contributed by atoms with Gasteiger partial charge in [0.2, 0.25) is 0 Å². The molecule has 1 atom stereocenters. The topological polar surface area (TPSA) is 53.4 Å². The lowest BCUT2D eigenvalue weighted by molar-refractivity contribution is 0.0690. The number of carbonyl (C=O) groups is 1. The first-order chi connectivity index (χ1) is 7.61. The molecule has 16 heavy (non-hydrogen) atoms. The van der Waals surface area contributed by atoms with Gasteiger partial charge in [-0.3, -0.25) is 0 Å². The molecule has 5 heteroatoms. The van der Waals surface area contributed by atoms with Gasteiger partial charge in [-0.15, -0.1) is 11.3 Å². The number of nitrogens with zero attached hydrogens (tertiary/aromatic N) is 2. The SMILES string of the molecule is CCC1CCN(c2nc(C(=O)O)c(C)s2)C1. The van der Waals surface area contributed by atoms with Crippen molar-refractivity contribution in [3.63, 3.8) is 0 Å². The number of carboxylic acid groups (broad SMARTS) is 1. The van der Waals surface area contributed by atoms with E-state index in [-0.39, 0.29) is 5.69 Å². The largest absolute Gasteiger partial charge is 0.476 e. The Morgan fingerprint density at radius 1 is 1.69 bits per heavy atom. The molecule has 2 rings (SSSR count). The van der Waals surface area contributed by atoms with Crippen LogP contribution in [0.3, 0.4) is 0 Å². The molecule has 88 valence electrons. The van der Waals surface area contributed by atoms with Crippen LogP contribution in [0.2, 0.25) is 0 Å².